The zero-order chi connectivity index (χ0) is 20.6. The van der Waals surface area contributed by atoms with Gasteiger partial charge in [-0.2, -0.15) is 0 Å². The van der Waals surface area contributed by atoms with Gasteiger partial charge in [-0.3, -0.25) is 0 Å². The summed E-state index contributed by atoms with van der Waals surface area (Å²) in [5, 5.41) is 2.52. The van der Waals surface area contributed by atoms with E-state index < -0.39 is 5.41 Å². The quantitative estimate of drug-likeness (QED) is 0.222. The van der Waals surface area contributed by atoms with Crippen molar-refractivity contribution in [2.45, 2.75) is 5.41 Å². The molecule has 7 rings (SSSR count). The Morgan fingerprint density at radius 1 is 0.516 bits per heavy atom. The Kier molecular flexibility index (Phi) is 3.40. The third kappa shape index (κ3) is 2.15. The fraction of sp³-hybridized carbons (Fsp3) is 0.0345. The van der Waals surface area contributed by atoms with Gasteiger partial charge in [0, 0.05) is 15.6 Å². The molecule has 5 aromatic carbocycles. The van der Waals surface area contributed by atoms with Crippen molar-refractivity contribution in [2.75, 3.05) is 0 Å². The van der Waals surface area contributed by atoms with Crippen LogP contribution in [0.3, 0.4) is 0 Å². The smallest absolute Gasteiger partial charge is 0.132 e. The minimum absolute atomic E-state index is 0.413. The number of benzene rings is 5. The van der Waals surface area contributed by atoms with E-state index in [9.17, 15) is 0 Å². The Balaban J connectivity index is 1.73. The molecule has 0 bridgehead atoms. The Bertz CT molecular complexity index is 1490. The van der Waals surface area contributed by atoms with Crippen LogP contribution in [0.2, 0.25) is 0 Å². The summed E-state index contributed by atoms with van der Waals surface area (Å²) in [5.74, 6) is 1.85. The van der Waals surface area contributed by atoms with Gasteiger partial charge in [-0.15, -0.1) is 0 Å². The Morgan fingerprint density at radius 3 is 1.81 bits per heavy atom. The first kappa shape index (κ1) is 17.3. The second-order valence-corrected chi connectivity index (χ2v) is 9.19. The summed E-state index contributed by atoms with van der Waals surface area (Å²) in [4.78, 5) is 0. The van der Waals surface area contributed by atoms with Crippen molar-refractivity contribution in [3.8, 4) is 22.6 Å². The number of halogens is 1. The lowest BCUT2D eigenvalue weighted by molar-refractivity contribution is 0.436. The van der Waals surface area contributed by atoms with Crippen LogP contribution in [0.1, 0.15) is 22.3 Å². The van der Waals surface area contributed by atoms with Gasteiger partial charge in [-0.1, -0.05) is 82.7 Å². The molecule has 0 N–H and O–H groups in total. The lowest BCUT2D eigenvalue weighted by Crippen LogP contribution is -2.32. The third-order valence-corrected chi connectivity index (χ3v) is 7.26. The highest BCUT2D eigenvalue weighted by molar-refractivity contribution is 9.10. The van der Waals surface area contributed by atoms with Gasteiger partial charge in [0.05, 0.1) is 5.41 Å². The van der Waals surface area contributed by atoms with Crippen LogP contribution in [-0.4, -0.2) is 0 Å². The highest BCUT2D eigenvalue weighted by Gasteiger charge is 2.51. The van der Waals surface area contributed by atoms with Gasteiger partial charge < -0.3 is 4.74 Å². The molecule has 1 spiro atoms. The van der Waals surface area contributed by atoms with E-state index in [4.69, 9.17) is 4.74 Å². The van der Waals surface area contributed by atoms with E-state index >= 15 is 0 Å². The van der Waals surface area contributed by atoms with Crippen molar-refractivity contribution < 1.29 is 4.74 Å². The number of rotatable bonds is 0. The second-order valence-electron chi connectivity index (χ2n) is 8.28. The Labute approximate surface area is 189 Å². The average Bonchev–Trinajstić information content (AvgIpc) is 3.07. The maximum atomic E-state index is 6.40. The van der Waals surface area contributed by atoms with Gasteiger partial charge in [-0.05, 0) is 69.4 Å². The first-order chi connectivity index (χ1) is 15.3. The van der Waals surface area contributed by atoms with Crippen LogP contribution < -0.4 is 4.74 Å². The summed E-state index contributed by atoms with van der Waals surface area (Å²) in [6.45, 7) is 0. The van der Waals surface area contributed by atoms with Gasteiger partial charge in [0.15, 0.2) is 0 Å². The predicted octanol–water partition coefficient (Wildman–Crippen LogP) is 8.07. The summed E-state index contributed by atoms with van der Waals surface area (Å²) in [6, 6.07) is 37.0. The van der Waals surface area contributed by atoms with Crippen LogP contribution >= 0.6 is 15.9 Å². The van der Waals surface area contributed by atoms with E-state index in [1.807, 2.05) is 0 Å². The highest BCUT2D eigenvalue weighted by Crippen LogP contribution is 2.62. The van der Waals surface area contributed by atoms with Crippen molar-refractivity contribution in [2.24, 2.45) is 0 Å². The minimum atomic E-state index is -0.413. The van der Waals surface area contributed by atoms with E-state index in [1.54, 1.807) is 0 Å². The molecule has 0 amide bonds. The molecule has 0 saturated carbocycles. The van der Waals surface area contributed by atoms with Gasteiger partial charge in [0.1, 0.15) is 11.5 Å². The van der Waals surface area contributed by atoms with Gasteiger partial charge in [0.25, 0.3) is 0 Å². The zero-order valence-corrected chi connectivity index (χ0v) is 18.2. The predicted molar refractivity (Wildman–Crippen MR) is 129 cm³/mol. The molecular formula is C29H17BrO. The Hall–Kier alpha value is -3.36. The molecule has 1 heterocycles. The summed E-state index contributed by atoms with van der Waals surface area (Å²) >= 11 is 3.75. The molecule has 31 heavy (non-hydrogen) atoms. The molecule has 2 heteroatoms. The highest BCUT2D eigenvalue weighted by atomic mass is 79.9. The van der Waals surface area contributed by atoms with Gasteiger partial charge in [-0.25, -0.2) is 0 Å². The molecule has 0 saturated heterocycles. The number of fused-ring (bicyclic) bond motifs is 10. The normalized spacial score (nSPS) is 14.5. The molecule has 1 aliphatic carbocycles. The second kappa shape index (κ2) is 6.09. The molecule has 1 aliphatic heterocycles. The van der Waals surface area contributed by atoms with E-state index in [1.165, 1.54) is 44.2 Å². The first-order valence-corrected chi connectivity index (χ1v) is 11.3. The number of hydrogen-bond donors (Lipinski definition) is 0. The van der Waals surface area contributed by atoms with Gasteiger partial charge in [0.2, 0.25) is 0 Å². The monoisotopic (exact) mass is 460 g/mol. The summed E-state index contributed by atoms with van der Waals surface area (Å²) in [5.41, 5.74) is 7.19. The lowest BCUT2D eigenvalue weighted by Gasteiger charge is -2.39. The average molecular weight is 461 g/mol. The SMILES string of the molecule is Brc1ccc2c(c1)C1(c3ccccc3Oc3ccccc31)c1cc3ccccc3cc1-2. The molecule has 0 aromatic heterocycles. The summed E-state index contributed by atoms with van der Waals surface area (Å²) in [7, 11) is 0. The van der Waals surface area contributed by atoms with E-state index in [0.29, 0.717) is 0 Å². The van der Waals surface area contributed by atoms with E-state index in [0.717, 1.165) is 16.0 Å². The topological polar surface area (TPSA) is 9.23 Å². The molecule has 2 aliphatic rings. The maximum absolute atomic E-state index is 6.40. The van der Waals surface area contributed by atoms with Crippen LogP contribution in [0.5, 0.6) is 11.5 Å². The molecule has 0 unspecified atom stereocenters. The van der Waals surface area contributed by atoms with E-state index in [-0.39, 0.29) is 0 Å². The zero-order valence-electron chi connectivity index (χ0n) is 16.6. The molecule has 1 nitrogen and oxygen atoms in total. The molecule has 0 radical (unpaired) electrons. The fourth-order valence-electron chi connectivity index (χ4n) is 5.55. The summed E-state index contributed by atoms with van der Waals surface area (Å²) < 4.78 is 7.49. The van der Waals surface area contributed by atoms with Crippen LogP contribution in [0.25, 0.3) is 21.9 Å². The van der Waals surface area contributed by atoms with Crippen LogP contribution in [0.4, 0.5) is 0 Å². The molecule has 0 fully saturated rings. The molecule has 146 valence electrons. The number of ether oxygens (including phenoxy) is 1. The van der Waals surface area contributed by atoms with Crippen LogP contribution in [-0.2, 0) is 5.41 Å². The number of hydrogen-bond acceptors (Lipinski definition) is 1. The van der Waals surface area contributed by atoms with Crippen molar-refractivity contribution in [1.29, 1.82) is 0 Å². The van der Waals surface area contributed by atoms with Crippen LogP contribution in [0, 0.1) is 0 Å². The van der Waals surface area contributed by atoms with Crippen molar-refractivity contribution in [3.63, 3.8) is 0 Å². The Morgan fingerprint density at radius 2 is 1.10 bits per heavy atom. The third-order valence-electron chi connectivity index (χ3n) is 6.77. The maximum Gasteiger partial charge on any atom is 0.132 e. The largest absolute Gasteiger partial charge is 0.457 e. The fourth-order valence-corrected chi connectivity index (χ4v) is 5.92. The van der Waals surface area contributed by atoms with Crippen molar-refractivity contribution >= 4 is 26.7 Å². The number of para-hydroxylation sites is 2. The van der Waals surface area contributed by atoms with Crippen LogP contribution in [0.15, 0.2) is 108 Å². The minimum Gasteiger partial charge on any atom is -0.457 e. The van der Waals surface area contributed by atoms with Crippen molar-refractivity contribution in [3.05, 3.63) is 130 Å². The molecule has 0 atom stereocenters. The molecular weight excluding hydrogens is 444 g/mol. The standard InChI is InChI=1S/C29H17BrO/c30-20-13-14-21-22-15-18-7-1-2-8-19(18)16-25(22)29(26(21)17-20)23-9-3-5-11-27(23)31-28-12-6-4-10-24(28)29/h1-17H. The first-order valence-electron chi connectivity index (χ1n) is 10.5. The summed E-state index contributed by atoms with van der Waals surface area (Å²) in [6.07, 6.45) is 0. The van der Waals surface area contributed by atoms with Gasteiger partial charge >= 0.3 is 0 Å². The van der Waals surface area contributed by atoms with E-state index in [2.05, 4.69) is 119 Å². The molecule has 5 aromatic rings. The van der Waals surface area contributed by atoms with Crippen molar-refractivity contribution in [1.82, 2.24) is 0 Å². The lowest BCUT2D eigenvalue weighted by atomic mass is 9.66.